The highest BCUT2D eigenvalue weighted by atomic mass is 35.5. The molecule has 0 unspecified atom stereocenters. The molecule has 0 bridgehead atoms. The van der Waals surface area contributed by atoms with Gasteiger partial charge in [0.25, 0.3) is 0 Å². The van der Waals surface area contributed by atoms with Crippen molar-refractivity contribution in [2.75, 3.05) is 5.73 Å². The first kappa shape index (κ1) is 10.3. The van der Waals surface area contributed by atoms with E-state index in [1.165, 1.54) is 11.3 Å². The number of hydrogen-bond acceptors (Lipinski definition) is 4. The monoisotopic (exact) mass is 240 g/mol. The first-order valence-corrected chi connectivity index (χ1v) is 5.58. The molecule has 2 aromatic rings. The van der Waals surface area contributed by atoms with E-state index in [-0.39, 0.29) is 0 Å². The smallest absolute Gasteiger partial charge is 0.140 e. The summed E-state index contributed by atoms with van der Waals surface area (Å²) in [6, 6.07) is 7.21. The Morgan fingerprint density at radius 3 is 2.67 bits per heavy atom. The van der Waals surface area contributed by atoms with Crippen LogP contribution in [0, 0.1) is 0 Å². The highest BCUT2D eigenvalue weighted by Gasteiger charge is 2.00. The van der Waals surface area contributed by atoms with Gasteiger partial charge in [0.1, 0.15) is 23.2 Å². The Kier molecular flexibility index (Phi) is 3.08. The quantitative estimate of drug-likeness (QED) is 0.897. The summed E-state index contributed by atoms with van der Waals surface area (Å²) in [4.78, 5) is 4.09. The topological polar surface area (TPSA) is 48.1 Å². The lowest BCUT2D eigenvalue weighted by Crippen LogP contribution is -1.95. The van der Waals surface area contributed by atoms with Crippen LogP contribution < -0.4 is 10.5 Å². The normalized spacial score (nSPS) is 10.2. The van der Waals surface area contributed by atoms with Crippen molar-refractivity contribution in [1.82, 2.24) is 4.98 Å². The van der Waals surface area contributed by atoms with E-state index in [4.69, 9.17) is 22.1 Å². The third-order valence-electron chi connectivity index (χ3n) is 1.75. The molecule has 5 heteroatoms. The first-order valence-electron chi connectivity index (χ1n) is 4.32. The summed E-state index contributed by atoms with van der Waals surface area (Å²) in [6.45, 7) is 0.434. The van der Waals surface area contributed by atoms with Crippen LogP contribution in [0.25, 0.3) is 0 Å². The van der Waals surface area contributed by atoms with Crippen molar-refractivity contribution in [2.24, 2.45) is 0 Å². The number of rotatable bonds is 3. The minimum absolute atomic E-state index is 0.434. The van der Waals surface area contributed by atoms with Gasteiger partial charge in [-0.25, -0.2) is 4.98 Å². The number of thiazole rings is 1. The number of nitrogen functional groups attached to an aromatic ring is 1. The second kappa shape index (κ2) is 4.51. The molecule has 1 heterocycles. The standard InChI is InChI=1S/C10H9ClN2OS/c11-7-1-3-8(4-2-7)14-5-10-13-9(12)6-15-10/h1-4,6H,5,12H2. The van der Waals surface area contributed by atoms with Crippen LogP contribution in [0.1, 0.15) is 5.01 Å². The zero-order chi connectivity index (χ0) is 10.7. The maximum absolute atomic E-state index is 5.75. The summed E-state index contributed by atoms with van der Waals surface area (Å²) < 4.78 is 5.49. The van der Waals surface area contributed by atoms with Crippen LogP contribution in [0.15, 0.2) is 29.6 Å². The van der Waals surface area contributed by atoms with Gasteiger partial charge in [0.15, 0.2) is 0 Å². The lowest BCUT2D eigenvalue weighted by Gasteiger charge is -2.03. The van der Waals surface area contributed by atoms with E-state index in [1.54, 1.807) is 17.5 Å². The van der Waals surface area contributed by atoms with Crippen LogP contribution >= 0.6 is 22.9 Å². The van der Waals surface area contributed by atoms with Crippen molar-refractivity contribution in [3.8, 4) is 5.75 Å². The molecule has 2 rings (SSSR count). The van der Waals surface area contributed by atoms with Crippen molar-refractivity contribution in [3.63, 3.8) is 0 Å². The molecule has 2 N–H and O–H groups in total. The van der Waals surface area contributed by atoms with E-state index >= 15 is 0 Å². The molecule has 0 saturated heterocycles. The second-order valence-electron chi connectivity index (χ2n) is 2.91. The fourth-order valence-electron chi connectivity index (χ4n) is 1.07. The first-order chi connectivity index (χ1) is 7.24. The molecule has 15 heavy (non-hydrogen) atoms. The predicted molar refractivity (Wildman–Crippen MR) is 62.3 cm³/mol. The van der Waals surface area contributed by atoms with Gasteiger partial charge in [-0.1, -0.05) is 11.6 Å². The molecule has 0 saturated carbocycles. The second-order valence-corrected chi connectivity index (χ2v) is 4.29. The highest BCUT2D eigenvalue weighted by molar-refractivity contribution is 7.09. The van der Waals surface area contributed by atoms with Gasteiger partial charge in [0.2, 0.25) is 0 Å². The van der Waals surface area contributed by atoms with Gasteiger partial charge in [-0.15, -0.1) is 11.3 Å². The number of aromatic nitrogens is 1. The molecular weight excluding hydrogens is 232 g/mol. The number of ether oxygens (including phenoxy) is 1. The molecule has 78 valence electrons. The minimum Gasteiger partial charge on any atom is -0.486 e. The van der Waals surface area contributed by atoms with Crippen molar-refractivity contribution in [1.29, 1.82) is 0 Å². The van der Waals surface area contributed by atoms with Crippen molar-refractivity contribution < 1.29 is 4.74 Å². The molecule has 1 aromatic carbocycles. The lowest BCUT2D eigenvalue weighted by atomic mass is 10.3. The summed E-state index contributed by atoms with van der Waals surface area (Å²) in [7, 11) is 0. The number of benzene rings is 1. The van der Waals surface area contributed by atoms with E-state index in [1.807, 2.05) is 12.1 Å². The van der Waals surface area contributed by atoms with Gasteiger partial charge >= 0.3 is 0 Å². The summed E-state index contributed by atoms with van der Waals surface area (Å²) in [6.07, 6.45) is 0. The van der Waals surface area contributed by atoms with E-state index in [0.29, 0.717) is 17.4 Å². The van der Waals surface area contributed by atoms with E-state index < -0.39 is 0 Å². The predicted octanol–water partition coefficient (Wildman–Crippen LogP) is 2.96. The minimum atomic E-state index is 0.434. The van der Waals surface area contributed by atoms with Gasteiger partial charge in [0, 0.05) is 10.4 Å². The highest BCUT2D eigenvalue weighted by Crippen LogP contribution is 2.18. The fourth-order valence-corrected chi connectivity index (χ4v) is 1.79. The number of hydrogen-bond donors (Lipinski definition) is 1. The Hall–Kier alpha value is -1.26. The maximum Gasteiger partial charge on any atom is 0.140 e. The van der Waals surface area contributed by atoms with Crippen molar-refractivity contribution in [2.45, 2.75) is 6.61 Å². The molecule has 0 spiro atoms. The summed E-state index contributed by atoms with van der Waals surface area (Å²) >= 11 is 7.23. The van der Waals surface area contributed by atoms with Gasteiger partial charge < -0.3 is 10.5 Å². The van der Waals surface area contributed by atoms with Crippen LogP contribution in [-0.4, -0.2) is 4.98 Å². The van der Waals surface area contributed by atoms with Crippen LogP contribution in [0.4, 0.5) is 5.82 Å². The number of nitrogens with two attached hydrogens (primary N) is 1. The molecule has 0 amide bonds. The third kappa shape index (κ3) is 2.84. The van der Waals surface area contributed by atoms with Gasteiger partial charge in [0.05, 0.1) is 0 Å². The fraction of sp³-hybridized carbons (Fsp3) is 0.100. The Morgan fingerprint density at radius 1 is 1.33 bits per heavy atom. The molecular formula is C10H9ClN2OS. The van der Waals surface area contributed by atoms with E-state index in [9.17, 15) is 0 Å². The largest absolute Gasteiger partial charge is 0.486 e. The molecule has 0 aliphatic carbocycles. The maximum atomic E-state index is 5.75. The van der Waals surface area contributed by atoms with E-state index in [0.717, 1.165) is 10.8 Å². The third-order valence-corrected chi connectivity index (χ3v) is 2.84. The molecule has 0 aliphatic rings. The SMILES string of the molecule is Nc1csc(COc2ccc(Cl)cc2)n1. The zero-order valence-electron chi connectivity index (χ0n) is 7.81. The van der Waals surface area contributed by atoms with Crippen LogP contribution in [-0.2, 0) is 6.61 Å². The Bertz CT molecular complexity index is 441. The summed E-state index contributed by atoms with van der Waals surface area (Å²) in [5.74, 6) is 1.31. The lowest BCUT2D eigenvalue weighted by molar-refractivity contribution is 0.305. The number of anilines is 1. The van der Waals surface area contributed by atoms with Crippen LogP contribution in [0.3, 0.4) is 0 Å². The molecule has 0 atom stereocenters. The van der Waals surface area contributed by atoms with Crippen LogP contribution in [0.2, 0.25) is 5.02 Å². The molecule has 0 aliphatic heterocycles. The number of nitrogens with zero attached hydrogens (tertiary/aromatic N) is 1. The number of halogens is 1. The average Bonchev–Trinajstić information content (AvgIpc) is 2.64. The Balaban J connectivity index is 1.96. The average molecular weight is 241 g/mol. The molecule has 0 radical (unpaired) electrons. The van der Waals surface area contributed by atoms with Gasteiger partial charge in [-0.05, 0) is 24.3 Å². The van der Waals surface area contributed by atoms with Crippen LogP contribution in [0.5, 0.6) is 5.75 Å². The molecule has 1 aromatic heterocycles. The molecule has 0 fully saturated rings. The zero-order valence-corrected chi connectivity index (χ0v) is 9.39. The van der Waals surface area contributed by atoms with Gasteiger partial charge in [-0.3, -0.25) is 0 Å². The van der Waals surface area contributed by atoms with Gasteiger partial charge in [-0.2, -0.15) is 0 Å². The van der Waals surface area contributed by atoms with Crippen molar-refractivity contribution >= 4 is 28.8 Å². The van der Waals surface area contributed by atoms with E-state index in [2.05, 4.69) is 4.98 Å². The Labute approximate surface area is 96.5 Å². The summed E-state index contributed by atoms with van der Waals surface area (Å²) in [5, 5.41) is 3.35. The molecule has 3 nitrogen and oxygen atoms in total. The summed E-state index contributed by atoms with van der Waals surface area (Å²) in [5.41, 5.74) is 5.49. The Morgan fingerprint density at radius 2 is 2.07 bits per heavy atom. The van der Waals surface area contributed by atoms with Crippen molar-refractivity contribution in [3.05, 3.63) is 39.7 Å².